The van der Waals surface area contributed by atoms with Crippen LogP contribution in [0.3, 0.4) is 0 Å². The van der Waals surface area contributed by atoms with Gasteiger partial charge < -0.3 is 14.7 Å². The zero-order chi connectivity index (χ0) is 22.0. The molecular formula is C23H22F2N2O4. The lowest BCUT2D eigenvalue weighted by Gasteiger charge is -2.31. The van der Waals surface area contributed by atoms with Crippen molar-refractivity contribution in [2.24, 2.45) is 0 Å². The molecule has 2 heterocycles. The molecule has 1 atom stereocenters. The highest BCUT2D eigenvalue weighted by molar-refractivity contribution is 6.46. The second-order valence-electron chi connectivity index (χ2n) is 7.47. The average Bonchev–Trinajstić information content (AvgIpc) is 3.03. The van der Waals surface area contributed by atoms with Crippen LogP contribution in [0.25, 0.3) is 5.76 Å². The van der Waals surface area contributed by atoms with Crippen molar-refractivity contribution in [3.05, 3.63) is 76.9 Å². The third-order valence-corrected chi connectivity index (χ3v) is 5.62. The maximum Gasteiger partial charge on any atom is 0.295 e. The van der Waals surface area contributed by atoms with Crippen molar-refractivity contribution in [2.75, 3.05) is 39.4 Å². The second kappa shape index (κ2) is 8.95. The minimum absolute atomic E-state index is 0.118. The first-order valence-corrected chi connectivity index (χ1v) is 10.1. The van der Waals surface area contributed by atoms with Crippen LogP contribution in [0, 0.1) is 11.6 Å². The van der Waals surface area contributed by atoms with E-state index in [0.29, 0.717) is 32.8 Å². The van der Waals surface area contributed by atoms with Crippen LogP contribution in [0.4, 0.5) is 8.78 Å². The molecule has 2 aliphatic rings. The molecule has 2 aliphatic heterocycles. The summed E-state index contributed by atoms with van der Waals surface area (Å²) >= 11 is 0. The minimum atomic E-state index is -1.08. The molecular weight excluding hydrogens is 406 g/mol. The average molecular weight is 428 g/mol. The van der Waals surface area contributed by atoms with Crippen LogP contribution in [-0.4, -0.2) is 66.0 Å². The van der Waals surface area contributed by atoms with E-state index in [1.54, 1.807) is 6.07 Å². The van der Waals surface area contributed by atoms with E-state index in [2.05, 4.69) is 4.90 Å². The van der Waals surface area contributed by atoms with Crippen molar-refractivity contribution in [2.45, 2.75) is 6.04 Å². The van der Waals surface area contributed by atoms with Crippen molar-refractivity contribution in [3.63, 3.8) is 0 Å². The maximum absolute atomic E-state index is 14.7. The third-order valence-electron chi connectivity index (χ3n) is 5.62. The molecule has 0 spiro atoms. The number of ether oxygens (including phenoxy) is 1. The molecule has 0 unspecified atom stereocenters. The fourth-order valence-corrected chi connectivity index (χ4v) is 3.97. The molecule has 2 aromatic carbocycles. The normalized spacial score (nSPS) is 21.6. The molecule has 2 saturated heterocycles. The molecule has 0 aromatic heterocycles. The monoisotopic (exact) mass is 428 g/mol. The number of rotatable bonds is 5. The number of amides is 1. The zero-order valence-electron chi connectivity index (χ0n) is 16.8. The van der Waals surface area contributed by atoms with Crippen molar-refractivity contribution in [3.8, 4) is 0 Å². The predicted octanol–water partition coefficient (Wildman–Crippen LogP) is 2.72. The van der Waals surface area contributed by atoms with Crippen molar-refractivity contribution < 1.29 is 28.2 Å². The van der Waals surface area contributed by atoms with E-state index >= 15 is 0 Å². The number of halogens is 2. The van der Waals surface area contributed by atoms with E-state index in [4.69, 9.17) is 4.74 Å². The van der Waals surface area contributed by atoms with E-state index in [9.17, 15) is 23.5 Å². The Balaban J connectivity index is 1.75. The summed E-state index contributed by atoms with van der Waals surface area (Å²) in [5.41, 5.74) is 0.0879. The van der Waals surface area contributed by atoms with Gasteiger partial charge in [0.15, 0.2) is 0 Å². The molecule has 0 aliphatic carbocycles. The highest BCUT2D eigenvalue weighted by Gasteiger charge is 2.46. The molecule has 8 heteroatoms. The molecule has 6 nitrogen and oxygen atoms in total. The topological polar surface area (TPSA) is 70.1 Å². The lowest BCUT2D eigenvalue weighted by molar-refractivity contribution is -0.140. The van der Waals surface area contributed by atoms with Crippen LogP contribution in [0.1, 0.15) is 17.2 Å². The number of aliphatic hydroxyl groups excluding tert-OH is 1. The van der Waals surface area contributed by atoms with Gasteiger partial charge in [0.25, 0.3) is 11.7 Å². The summed E-state index contributed by atoms with van der Waals surface area (Å²) in [5, 5.41) is 10.9. The number of nitrogens with zero attached hydrogens (tertiary/aromatic N) is 2. The van der Waals surface area contributed by atoms with Crippen molar-refractivity contribution in [1.29, 1.82) is 0 Å². The highest BCUT2D eigenvalue weighted by Crippen LogP contribution is 2.40. The number of Topliss-reactive ketones (excluding diaryl/α,β-unsaturated/α-hetero) is 1. The number of likely N-dealkylation sites (tertiary alicyclic amines) is 1. The second-order valence-corrected chi connectivity index (χ2v) is 7.47. The van der Waals surface area contributed by atoms with Crippen LogP contribution in [0.2, 0.25) is 0 Å². The molecule has 0 saturated carbocycles. The Bertz CT molecular complexity index is 1020. The number of hydrogen-bond acceptors (Lipinski definition) is 5. The first-order chi connectivity index (χ1) is 15.0. The predicted molar refractivity (Wildman–Crippen MR) is 109 cm³/mol. The summed E-state index contributed by atoms with van der Waals surface area (Å²) in [6, 6.07) is 9.68. The first kappa shape index (κ1) is 21.1. The van der Waals surface area contributed by atoms with E-state index in [1.807, 2.05) is 0 Å². The van der Waals surface area contributed by atoms with Gasteiger partial charge in [-0.15, -0.1) is 0 Å². The number of hydrogen-bond donors (Lipinski definition) is 1. The molecule has 0 radical (unpaired) electrons. The van der Waals surface area contributed by atoms with Gasteiger partial charge in [-0.1, -0.05) is 18.2 Å². The number of carbonyl (C=O) groups is 2. The van der Waals surface area contributed by atoms with Crippen molar-refractivity contribution in [1.82, 2.24) is 9.80 Å². The summed E-state index contributed by atoms with van der Waals surface area (Å²) in [6.45, 7) is 3.23. The van der Waals surface area contributed by atoms with Gasteiger partial charge >= 0.3 is 0 Å². The Kier molecular flexibility index (Phi) is 6.11. The number of ketones is 1. The van der Waals surface area contributed by atoms with Crippen LogP contribution in [0.5, 0.6) is 0 Å². The molecule has 2 aromatic rings. The number of aliphatic hydroxyl groups is 1. The largest absolute Gasteiger partial charge is 0.507 e. The molecule has 1 amide bonds. The molecule has 1 N–H and O–H groups in total. The van der Waals surface area contributed by atoms with Gasteiger partial charge in [-0.05, 0) is 30.3 Å². The van der Waals surface area contributed by atoms with Gasteiger partial charge in [0.05, 0.1) is 24.8 Å². The maximum atomic E-state index is 14.7. The first-order valence-electron chi connectivity index (χ1n) is 10.1. The van der Waals surface area contributed by atoms with Gasteiger partial charge in [0.1, 0.15) is 17.4 Å². The molecule has 2 fully saturated rings. The molecule has 31 heavy (non-hydrogen) atoms. The summed E-state index contributed by atoms with van der Waals surface area (Å²) in [4.78, 5) is 29.2. The Morgan fingerprint density at radius 2 is 1.68 bits per heavy atom. The lowest BCUT2D eigenvalue weighted by Crippen LogP contribution is -2.42. The summed E-state index contributed by atoms with van der Waals surface area (Å²) in [6.07, 6.45) is 0. The molecule has 0 bridgehead atoms. The standard InChI is InChI=1S/C23H22F2N2O4/c24-16-7-5-15(6-8-16)21(28)19-20(17-3-1-2-4-18(17)25)27(23(30)22(19)29)10-9-26-11-13-31-14-12-26/h1-8,20,28H,9-14H2/b21-19+/t20-/m0/s1. The lowest BCUT2D eigenvalue weighted by atomic mass is 9.95. The van der Waals surface area contributed by atoms with Crippen LogP contribution in [-0.2, 0) is 14.3 Å². The van der Waals surface area contributed by atoms with Gasteiger partial charge in [-0.3, -0.25) is 14.5 Å². The minimum Gasteiger partial charge on any atom is -0.507 e. The fourth-order valence-electron chi connectivity index (χ4n) is 3.97. The van der Waals surface area contributed by atoms with Gasteiger partial charge in [0, 0.05) is 37.3 Å². The fraction of sp³-hybridized carbons (Fsp3) is 0.304. The van der Waals surface area contributed by atoms with Crippen LogP contribution < -0.4 is 0 Å². The summed E-state index contributed by atoms with van der Waals surface area (Å²) < 4.78 is 33.4. The Labute approximate surface area is 178 Å². The molecule has 4 rings (SSSR count). The van der Waals surface area contributed by atoms with E-state index < -0.39 is 35.1 Å². The van der Waals surface area contributed by atoms with E-state index in [-0.39, 0.29) is 23.2 Å². The smallest absolute Gasteiger partial charge is 0.295 e. The Morgan fingerprint density at radius 1 is 1.00 bits per heavy atom. The zero-order valence-corrected chi connectivity index (χ0v) is 16.8. The van der Waals surface area contributed by atoms with Gasteiger partial charge in [0.2, 0.25) is 0 Å². The summed E-state index contributed by atoms with van der Waals surface area (Å²) in [5.74, 6) is -3.24. The number of morpholine rings is 1. The highest BCUT2D eigenvalue weighted by atomic mass is 19.1. The SMILES string of the molecule is O=C1C(=O)N(CCN2CCOCC2)[C@@H](c2ccccc2F)/C1=C(\O)c1ccc(F)cc1. The van der Waals surface area contributed by atoms with Crippen molar-refractivity contribution >= 4 is 17.4 Å². The van der Waals surface area contributed by atoms with E-state index in [0.717, 1.165) is 12.1 Å². The van der Waals surface area contributed by atoms with Gasteiger partial charge in [-0.25, -0.2) is 8.78 Å². The Morgan fingerprint density at radius 3 is 2.35 bits per heavy atom. The van der Waals surface area contributed by atoms with E-state index in [1.165, 1.54) is 35.2 Å². The quantitative estimate of drug-likeness (QED) is 0.451. The van der Waals surface area contributed by atoms with Gasteiger partial charge in [-0.2, -0.15) is 0 Å². The Hall–Kier alpha value is -3.10. The number of benzene rings is 2. The van der Waals surface area contributed by atoms with Crippen LogP contribution in [0.15, 0.2) is 54.1 Å². The number of carbonyl (C=O) groups excluding carboxylic acids is 2. The van der Waals surface area contributed by atoms with Crippen LogP contribution >= 0.6 is 0 Å². The summed E-state index contributed by atoms with van der Waals surface area (Å²) in [7, 11) is 0. The third kappa shape index (κ3) is 4.22. The molecule has 162 valence electrons.